The lowest BCUT2D eigenvalue weighted by atomic mass is 10.1. The van der Waals surface area contributed by atoms with Gasteiger partial charge in [0, 0.05) is 25.2 Å². The highest BCUT2D eigenvalue weighted by atomic mass is 32.1. The fraction of sp³-hybridized carbons (Fsp3) is 0.333. The molecule has 0 amide bonds. The van der Waals surface area contributed by atoms with Crippen molar-refractivity contribution >= 4 is 33.2 Å². The molecule has 0 atom stereocenters. The van der Waals surface area contributed by atoms with Crippen molar-refractivity contribution in [3.05, 3.63) is 22.2 Å². The summed E-state index contributed by atoms with van der Waals surface area (Å²) < 4.78 is 0. The molecular formula is C12H14N2O2S. The van der Waals surface area contributed by atoms with Gasteiger partial charge in [0.2, 0.25) is 0 Å². The quantitative estimate of drug-likeness (QED) is 0.890. The number of aromatic nitrogens is 1. The van der Waals surface area contributed by atoms with Gasteiger partial charge in [0.15, 0.2) is 0 Å². The number of pyridine rings is 1. The van der Waals surface area contributed by atoms with Gasteiger partial charge in [-0.3, -0.25) is 0 Å². The molecule has 0 spiro atoms. The van der Waals surface area contributed by atoms with Crippen LogP contribution in [0.5, 0.6) is 0 Å². The Morgan fingerprint density at radius 3 is 2.59 bits per heavy atom. The lowest BCUT2D eigenvalue weighted by Crippen LogP contribution is -2.12. The number of carbonyl (C=O) groups is 1. The summed E-state index contributed by atoms with van der Waals surface area (Å²) in [4.78, 5) is 18.6. The van der Waals surface area contributed by atoms with Crippen LogP contribution in [0.4, 0.5) is 5.69 Å². The van der Waals surface area contributed by atoms with Crippen LogP contribution < -0.4 is 4.90 Å². The van der Waals surface area contributed by atoms with E-state index in [9.17, 15) is 9.90 Å². The molecule has 4 nitrogen and oxygen atoms in total. The first-order valence-corrected chi connectivity index (χ1v) is 6.05. The van der Waals surface area contributed by atoms with Crippen LogP contribution in [0.3, 0.4) is 0 Å². The average Bonchev–Trinajstić information content (AvgIpc) is 2.56. The fourth-order valence-electron chi connectivity index (χ4n) is 1.99. The molecule has 0 aromatic carbocycles. The Morgan fingerprint density at radius 1 is 1.41 bits per heavy atom. The topological polar surface area (TPSA) is 53.4 Å². The number of fused-ring (bicyclic) bond motifs is 1. The minimum absolute atomic E-state index is 0.353. The van der Waals surface area contributed by atoms with Crippen LogP contribution in [0.25, 0.3) is 10.2 Å². The predicted octanol–water partition coefficient (Wildman–Crippen LogP) is 2.68. The van der Waals surface area contributed by atoms with Crippen LogP contribution in [0.2, 0.25) is 0 Å². The van der Waals surface area contributed by atoms with Gasteiger partial charge in [-0.05, 0) is 25.5 Å². The van der Waals surface area contributed by atoms with E-state index >= 15 is 0 Å². The Labute approximate surface area is 104 Å². The number of rotatable bonds is 2. The van der Waals surface area contributed by atoms with E-state index in [1.54, 1.807) is 0 Å². The number of carboxylic acid groups (broad SMARTS) is 1. The van der Waals surface area contributed by atoms with Crippen molar-refractivity contribution in [2.24, 2.45) is 0 Å². The van der Waals surface area contributed by atoms with Crippen LogP contribution in [-0.2, 0) is 0 Å². The highest BCUT2D eigenvalue weighted by Crippen LogP contribution is 2.38. The Balaban J connectivity index is 2.90. The van der Waals surface area contributed by atoms with Gasteiger partial charge < -0.3 is 10.0 Å². The van der Waals surface area contributed by atoms with Crippen molar-refractivity contribution < 1.29 is 9.90 Å². The van der Waals surface area contributed by atoms with Gasteiger partial charge in [-0.2, -0.15) is 0 Å². The maximum absolute atomic E-state index is 11.2. The molecule has 1 N–H and O–H groups in total. The summed E-state index contributed by atoms with van der Waals surface area (Å²) in [6.07, 6.45) is 0. The smallest absolute Gasteiger partial charge is 0.348 e. The fourth-order valence-corrected chi connectivity index (χ4v) is 3.21. The summed E-state index contributed by atoms with van der Waals surface area (Å²) in [5, 5.41) is 10.2. The maximum atomic E-state index is 11.2. The molecule has 0 saturated carbocycles. The molecule has 0 aliphatic rings. The molecule has 0 aliphatic heterocycles. The molecule has 2 aromatic heterocycles. The first-order valence-electron chi connectivity index (χ1n) is 5.23. The van der Waals surface area contributed by atoms with Crippen molar-refractivity contribution in [1.29, 1.82) is 0 Å². The Kier molecular flexibility index (Phi) is 2.79. The molecule has 90 valence electrons. The average molecular weight is 250 g/mol. The third-order valence-corrected chi connectivity index (χ3v) is 3.66. The summed E-state index contributed by atoms with van der Waals surface area (Å²) in [6, 6.07) is 1.98. The second-order valence-corrected chi connectivity index (χ2v) is 5.24. The second kappa shape index (κ2) is 4.00. The van der Waals surface area contributed by atoms with E-state index in [0.29, 0.717) is 4.88 Å². The largest absolute Gasteiger partial charge is 0.477 e. The van der Waals surface area contributed by atoms with Gasteiger partial charge in [0.1, 0.15) is 9.71 Å². The van der Waals surface area contributed by atoms with Gasteiger partial charge in [-0.15, -0.1) is 11.3 Å². The van der Waals surface area contributed by atoms with Crippen molar-refractivity contribution in [2.75, 3.05) is 19.0 Å². The number of nitrogens with zero attached hydrogens (tertiary/aromatic N) is 2. The van der Waals surface area contributed by atoms with E-state index in [0.717, 1.165) is 27.2 Å². The molecule has 2 rings (SSSR count). The zero-order chi connectivity index (χ0) is 12.7. The van der Waals surface area contributed by atoms with E-state index in [2.05, 4.69) is 4.98 Å². The standard InChI is InChI=1S/C12H14N2O2S/c1-6-5-7(2)13-11-8(6)9(14(3)4)10(17-11)12(15)16/h5H,1-4H3,(H,15,16). The number of aryl methyl sites for hydroxylation is 2. The molecule has 2 heterocycles. The van der Waals surface area contributed by atoms with Gasteiger partial charge in [0.05, 0.1) is 5.69 Å². The van der Waals surface area contributed by atoms with Crippen LogP contribution in [0, 0.1) is 13.8 Å². The summed E-state index contributed by atoms with van der Waals surface area (Å²) in [7, 11) is 3.71. The van der Waals surface area contributed by atoms with E-state index in [1.807, 2.05) is 38.9 Å². The first-order chi connectivity index (χ1) is 7.91. The van der Waals surface area contributed by atoms with Crippen molar-refractivity contribution in [2.45, 2.75) is 13.8 Å². The molecule has 5 heteroatoms. The maximum Gasteiger partial charge on any atom is 0.348 e. The van der Waals surface area contributed by atoms with E-state index in [-0.39, 0.29) is 0 Å². The predicted molar refractivity (Wildman–Crippen MR) is 70.4 cm³/mol. The molecule has 0 unspecified atom stereocenters. The van der Waals surface area contributed by atoms with E-state index < -0.39 is 5.97 Å². The number of aromatic carboxylic acids is 1. The minimum Gasteiger partial charge on any atom is -0.477 e. The molecule has 17 heavy (non-hydrogen) atoms. The number of hydrogen-bond donors (Lipinski definition) is 1. The van der Waals surface area contributed by atoms with Crippen LogP contribution in [0.15, 0.2) is 6.07 Å². The van der Waals surface area contributed by atoms with E-state index in [1.165, 1.54) is 11.3 Å². The molecule has 0 aliphatic carbocycles. The number of carboxylic acids is 1. The monoisotopic (exact) mass is 250 g/mol. The molecule has 0 radical (unpaired) electrons. The number of hydrogen-bond acceptors (Lipinski definition) is 4. The normalized spacial score (nSPS) is 10.8. The number of anilines is 1. The summed E-state index contributed by atoms with van der Waals surface area (Å²) in [5.74, 6) is -0.895. The molecule has 2 aromatic rings. The Hall–Kier alpha value is -1.62. The van der Waals surface area contributed by atoms with Crippen LogP contribution in [-0.4, -0.2) is 30.2 Å². The van der Waals surface area contributed by atoms with Crippen molar-refractivity contribution in [3.63, 3.8) is 0 Å². The third-order valence-electron chi connectivity index (χ3n) is 2.60. The number of thiophene rings is 1. The summed E-state index contributed by atoms with van der Waals surface area (Å²) in [6.45, 7) is 3.91. The van der Waals surface area contributed by atoms with Gasteiger partial charge in [-0.25, -0.2) is 9.78 Å². The Bertz CT molecular complexity index is 602. The lowest BCUT2D eigenvalue weighted by molar-refractivity contribution is 0.0703. The highest BCUT2D eigenvalue weighted by molar-refractivity contribution is 7.21. The zero-order valence-electron chi connectivity index (χ0n) is 10.2. The van der Waals surface area contributed by atoms with Crippen LogP contribution in [0.1, 0.15) is 20.9 Å². The molecule has 0 bridgehead atoms. The SMILES string of the molecule is Cc1cc(C)c2c(N(C)C)c(C(=O)O)sc2n1. The van der Waals surface area contributed by atoms with Crippen molar-refractivity contribution in [1.82, 2.24) is 4.98 Å². The highest BCUT2D eigenvalue weighted by Gasteiger charge is 2.21. The first kappa shape index (κ1) is 11.9. The summed E-state index contributed by atoms with van der Waals surface area (Å²) in [5.41, 5.74) is 2.74. The minimum atomic E-state index is -0.895. The lowest BCUT2D eigenvalue weighted by Gasteiger charge is -2.13. The van der Waals surface area contributed by atoms with Crippen molar-refractivity contribution in [3.8, 4) is 0 Å². The molecule has 0 fully saturated rings. The van der Waals surface area contributed by atoms with Gasteiger partial charge in [-0.1, -0.05) is 0 Å². The molecular weight excluding hydrogens is 236 g/mol. The van der Waals surface area contributed by atoms with Crippen LogP contribution >= 0.6 is 11.3 Å². The van der Waals surface area contributed by atoms with E-state index in [4.69, 9.17) is 0 Å². The summed E-state index contributed by atoms with van der Waals surface area (Å²) >= 11 is 1.24. The second-order valence-electron chi connectivity index (χ2n) is 4.24. The Morgan fingerprint density at radius 2 is 2.06 bits per heavy atom. The van der Waals surface area contributed by atoms with Gasteiger partial charge in [0.25, 0.3) is 0 Å². The zero-order valence-corrected chi connectivity index (χ0v) is 11.1. The third kappa shape index (κ3) is 1.86. The molecule has 0 saturated heterocycles. The van der Waals surface area contributed by atoms with Gasteiger partial charge >= 0.3 is 5.97 Å².